The Labute approximate surface area is 141 Å². The summed E-state index contributed by atoms with van der Waals surface area (Å²) in [5.41, 5.74) is -0.490. The Bertz CT molecular complexity index is 571. The molecule has 0 atom stereocenters. The predicted octanol–water partition coefficient (Wildman–Crippen LogP) is 2.29. The molecule has 0 spiro atoms. The maximum Gasteiger partial charge on any atom is 0.410 e. The van der Waals surface area contributed by atoms with Gasteiger partial charge in [-0.25, -0.2) is 4.79 Å². The Morgan fingerprint density at radius 2 is 1.96 bits per heavy atom. The van der Waals surface area contributed by atoms with Crippen LogP contribution in [0.2, 0.25) is 0 Å². The van der Waals surface area contributed by atoms with E-state index in [-0.39, 0.29) is 24.4 Å². The number of aryl methyl sites for hydroxylation is 1. The fraction of sp³-hybridized carbons (Fsp3) is 0.750. The molecule has 1 aromatic heterocycles. The summed E-state index contributed by atoms with van der Waals surface area (Å²) < 4.78 is 15.1. The van der Waals surface area contributed by atoms with Crippen LogP contribution in [0, 0.1) is 0 Å². The molecule has 1 aliphatic rings. The van der Waals surface area contributed by atoms with Gasteiger partial charge in [0.2, 0.25) is 5.89 Å². The number of ether oxygens (including phenoxy) is 2. The molecule has 1 amide bonds. The number of nitrogens with zero attached hydrogens (tertiary/aromatic N) is 3. The van der Waals surface area contributed by atoms with Crippen molar-refractivity contribution in [2.45, 2.75) is 58.0 Å². The Hall–Kier alpha value is -2.12. The van der Waals surface area contributed by atoms with E-state index in [0.717, 1.165) is 12.8 Å². The van der Waals surface area contributed by atoms with Gasteiger partial charge in [-0.15, -0.1) is 0 Å². The molecule has 2 rings (SSSR count). The van der Waals surface area contributed by atoms with E-state index in [1.165, 1.54) is 7.11 Å². The highest BCUT2D eigenvalue weighted by atomic mass is 16.6. The van der Waals surface area contributed by atoms with Crippen LogP contribution in [0.5, 0.6) is 0 Å². The van der Waals surface area contributed by atoms with Crippen LogP contribution in [-0.4, -0.2) is 52.9 Å². The van der Waals surface area contributed by atoms with Gasteiger partial charge in [0.1, 0.15) is 5.60 Å². The maximum atomic E-state index is 12.0. The van der Waals surface area contributed by atoms with Crippen molar-refractivity contribution in [1.29, 1.82) is 0 Å². The molecular weight excluding hydrogens is 314 g/mol. The largest absolute Gasteiger partial charge is 0.469 e. The first-order valence-electron chi connectivity index (χ1n) is 8.15. The van der Waals surface area contributed by atoms with Crippen LogP contribution in [-0.2, 0) is 20.7 Å². The van der Waals surface area contributed by atoms with Crippen LogP contribution in [0.15, 0.2) is 4.52 Å². The summed E-state index contributed by atoms with van der Waals surface area (Å²) in [5, 5.41) is 4.00. The van der Waals surface area contributed by atoms with Gasteiger partial charge in [0.05, 0.1) is 13.5 Å². The number of amides is 1. The third kappa shape index (κ3) is 5.21. The lowest BCUT2D eigenvalue weighted by molar-refractivity contribution is -0.140. The average Bonchev–Trinajstić information content (AvgIpc) is 3.00. The summed E-state index contributed by atoms with van der Waals surface area (Å²) in [4.78, 5) is 29.2. The van der Waals surface area contributed by atoms with Crippen molar-refractivity contribution in [1.82, 2.24) is 15.0 Å². The highest BCUT2D eigenvalue weighted by Crippen LogP contribution is 2.27. The zero-order chi connectivity index (χ0) is 17.7. The van der Waals surface area contributed by atoms with E-state index in [2.05, 4.69) is 14.9 Å². The highest BCUT2D eigenvalue weighted by Gasteiger charge is 2.29. The predicted molar refractivity (Wildman–Crippen MR) is 84.4 cm³/mol. The molecule has 0 aliphatic carbocycles. The highest BCUT2D eigenvalue weighted by molar-refractivity contribution is 5.69. The lowest BCUT2D eigenvalue weighted by Gasteiger charge is -2.32. The van der Waals surface area contributed by atoms with E-state index < -0.39 is 5.60 Å². The Balaban J connectivity index is 1.83. The van der Waals surface area contributed by atoms with Crippen molar-refractivity contribution >= 4 is 12.1 Å². The summed E-state index contributed by atoms with van der Waals surface area (Å²) in [5.74, 6) is 0.920. The summed E-state index contributed by atoms with van der Waals surface area (Å²) >= 11 is 0. The van der Waals surface area contributed by atoms with Gasteiger partial charge in [0, 0.05) is 25.4 Å². The van der Waals surface area contributed by atoms with Crippen molar-refractivity contribution in [3.05, 3.63) is 11.7 Å². The number of esters is 1. The van der Waals surface area contributed by atoms with E-state index in [4.69, 9.17) is 9.26 Å². The molecule has 0 N–H and O–H groups in total. The minimum absolute atomic E-state index is 0.152. The fourth-order valence-electron chi connectivity index (χ4n) is 2.49. The Morgan fingerprint density at radius 3 is 2.54 bits per heavy atom. The van der Waals surface area contributed by atoms with Gasteiger partial charge < -0.3 is 18.9 Å². The monoisotopic (exact) mass is 339 g/mol. The lowest BCUT2D eigenvalue weighted by atomic mass is 9.96. The van der Waals surface area contributed by atoms with Crippen LogP contribution < -0.4 is 0 Å². The Morgan fingerprint density at radius 1 is 1.29 bits per heavy atom. The van der Waals surface area contributed by atoms with Crippen molar-refractivity contribution in [2.75, 3.05) is 20.2 Å². The van der Waals surface area contributed by atoms with Crippen LogP contribution >= 0.6 is 0 Å². The first kappa shape index (κ1) is 18.2. The minimum atomic E-state index is -0.490. The normalized spacial score (nSPS) is 16.1. The maximum absolute atomic E-state index is 12.0. The van der Waals surface area contributed by atoms with E-state index >= 15 is 0 Å². The number of methoxy groups -OCH3 is 1. The molecule has 8 nitrogen and oxygen atoms in total. The van der Waals surface area contributed by atoms with Gasteiger partial charge in [-0.05, 0) is 33.6 Å². The third-order valence-corrected chi connectivity index (χ3v) is 3.77. The van der Waals surface area contributed by atoms with E-state index in [0.29, 0.717) is 31.2 Å². The van der Waals surface area contributed by atoms with E-state index in [1.807, 2.05) is 20.8 Å². The van der Waals surface area contributed by atoms with Crippen LogP contribution in [0.1, 0.15) is 57.7 Å². The molecule has 1 aliphatic heterocycles. The zero-order valence-electron chi connectivity index (χ0n) is 14.7. The zero-order valence-corrected chi connectivity index (χ0v) is 14.7. The first-order valence-corrected chi connectivity index (χ1v) is 8.15. The number of hydrogen-bond donors (Lipinski definition) is 0. The number of rotatable bonds is 4. The average molecular weight is 339 g/mol. The van der Waals surface area contributed by atoms with Crippen LogP contribution in [0.25, 0.3) is 0 Å². The molecule has 8 heteroatoms. The van der Waals surface area contributed by atoms with E-state index in [9.17, 15) is 9.59 Å². The molecule has 0 saturated carbocycles. The number of piperidine rings is 1. The third-order valence-electron chi connectivity index (χ3n) is 3.77. The molecular formula is C16H25N3O5. The fourth-order valence-corrected chi connectivity index (χ4v) is 2.49. The van der Waals surface area contributed by atoms with Gasteiger partial charge in [0.15, 0.2) is 5.82 Å². The second-order valence-corrected chi connectivity index (χ2v) is 6.86. The quantitative estimate of drug-likeness (QED) is 0.777. The summed E-state index contributed by atoms with van der Waals surface area (Å²) in [7, 11) is 1.35. The van der Waals surface area contributed by atoms with Crippen LogP contribution in [0.4, 0.5) is 4.79 Å². The number of carbonyl (C=O) groups is 2. The second-order valence-electron chi connectivity index (χ2n) is 6.86. The van der Waals surface area contributed by atoms with Crippen molar-refractivity contribution < 1.29 is 23.6 Å². The first-order chi connectivity index (χ1) is 11.3. The lowest BCUT2D eigenvalue weighted by Crippen LogP contribution is -2.41. The molecule has 0 aromatic carbocycles. The van der Waals surface area contributed by atoms with Gasteiger partial charge >= 0.3 is 12.1 Å². The molecule has 1 fully saturated rings. The van der Waals surface area contributed by atoms with Crippen molar-refractivity contribution in [3.8, 4) is 0 Å². The van der Waals surface area contributed by atoms with Gasteiger partial charge in [-0.2, -0.15) is 4.98 Å². The van der Waals surface area contributed by atoms with Gasteiger partial charge in [-0.1, -0.05) is 5.16 Å². The Kier molecular flexibility index (Phi) is 5.80. The summed E-state index contributed by atoms with van der Waals surface area (Å²) in [6.07, 6.45) is 1.82. The molecule has 0 unspecified atom stereocenters. The van der Waals surface area contributed by atoms with Gasteiger partial charge in [-0.3, -0.25) is 4.79 Å². The number of aromatic nitrogens is 2. The summed E-state index contributed by atoms with van der Waals surface area (Å²) in [6, 6.07) is 0. The van der Waals surface area contributed by atoms with Crippen molar-refractivity contribution in [3.63, 3.8) is 0 Å². The molecule has 24 heavy (non-hydrogen) atoms. The molecule has 1 aromatic rings. The van der Waals surface area contributed by atoms with Crippen molar-refractivity contribution in [2.24, 2.45) is 0 Å². The SMILES string of the molecule is COC(=O)CCc1nc(C2CCN(C(=O)OC(C)(C)C)CC2)no1. The molecule has 0 bridgehead atoms. The topological polar surface area (TPSA) is 94.8 Å². The number of likely N-dealkylation sites (tertiary alicyclic amines) is 1. The number of carbonyl (C=O) groups excluding carboxylic acids is 2. The molecule has 1 saturated heterocycles. The molecule has 134 valence electrons. The standard InChI is InChI=1S/C16H25N3O5/c1-16(2,3)23-15(21)19-9-7-11(8-10-19)14-17-12(24-18-14)5-6-13(20)22-4/h11H,5-10H2,1-4H3. The number of hydrogen-bond acceptors (Lipinski definition) is 7. The summed E-state index contributed by atoms with van der Waals surface area (Å²) in [6.45, 7) is 6.77. The van der Waals surface area contributed by atoms with E-state index in [1.54, 1.807) is 4.90 Å². The smallest absolute Gasteiger partial charge is 0.410 e. The van der Waals surface area contributed by atoms with Gasteiger partial charge in [0.25, 0.3) is 0 Å². The molecule has 2 heterocycles. The molecule has 0 radical (unpaired) electrons. The van der Waals surface area contributed by atoms with Crippen LogP contribution in [0.3, 0.4) is 0 Å². The minimum Gasteiger partial charge on any atom is -0.469 e. The second kappa shape index (κ2) is 7.63.